The van der Waals surface area contributed by atoms with E-state index in [2.05, 4.69) is 0 Å². The second-order valence-corrected chi connectivity index (χ2v) is 6.34. The molecule has 0 fully saturated rings. The zero-order chi connectivity index (χ0) is 13.6. The van der Waals surface area contributed by atoms with Gasteiger partial charge in [-0.3, -0.25) is 4.79 Å². The SMILES string of the molecule is CCN(Cc1ccccc1)S(=O)(=O)CCC(=O)Cl. The maximum atomic E-state index is 12.0. The van der Waals surface area contributed by atoms with Crippen LogP contribution in [-0.4, -0.2) is 30.3 Å². The lowest BCUT2D eigenvalue weighted by atomic mass is 10.2. The van der Waals surface area contributed by atoms with Crippen LogP contribution in [0.4, 0.5) is 0 Å². The van der Waals surface area contributed by atoms with Gasteiger partial charge in [-0.05, 0) is 17.2 Å². The van der Waals surface area contributed by atoms with Crippen LogP contribution in [0.5, 0.6) is 0 Å². The van der Waals surface area contributed by atoms with Gasteiger partial charge in [0.25, 0.3) is 0 Å². The Morgan fingerprint density at radius 3 is 2.39 bits per heavy atom. The van der Waals surface area contributed by atoms with Crippen molar-refractivity contribution < 1.29 is 13.2 Å². The molecule has 0 unspecified atom stereocenters. The van der Waals surface area contributed by atoms with Gasteiger partial charge in [-0.2, -0.15) is 4.31 Å². The van der Waals surface area contributed by atoms with Gasteiger partial charge in [-0.25, -0.2) is 8.42 Å². The molecule has 1 aromatic rings. The Hall–Kier alpha value is -0.910. The molecule has 0 aromatic heterocycles. The van der Waals surface area contributed by atoms with Gasteiger partial charge in [0.15, 0.2) is 0 Å². The molecule has 0 amide bonds. The van der Waals surface area contributed by atoms with E-state index in [1.54, 1.807) is 6.92 Å². The molecular formula is C12H16ClNO3S. The largest absolute Gasteiger partial charge is 0.281 e. The molecule has 0 atom stereocenters. The zero-order valence-electron chi connectivity index (χ0n) is 10.2. The highest BCUT2D eigenvalue weighted by atomic mass is 35.5. The normalized spacial score (nSPS) is 11.7. The minimum Gasteiger partial charge on any atom is -0.281 e. The lowest BCUT2D eigenvalue weighted by Gasteiger charge is -2.20. The molecule has 0 heterocycles. The molecule has 0 N–H and O–H groups in total. The Balaban J connectivity index is 2.74. The molecule has 0 aliphatic carbocycles. The van der Waals surface area contributed by atoms with Crippen LogP contribution in [0.1, 0.15) is 18.9 Å². The van der Waals surface area contributed by atoms with Crippen molar-refractivity contribution in [3.63, 3.8) is 0 Å². The topological polar surface area (TPSA) is 54.5 Å². The van der Waals surface area contributed by atoms with E-state index >= 15 is 0 Å². The lowest BCUT2D eigenvalue weighted by Crippen LogP contribution is -2.32. The van der Waals surface area contributed by atoms with E-state index in [1.807, 2.05) is 30.3 Å². The van der Waals surface area contributed by atoms with Gasteiger partial charge in [0.2, 0.25) is 15.3 Å². The molecule has 18 heavy (non-hydrogen) atoms. The molecule has 0 saturated heterocycles. The Morgan fingerprint density at radius 1 is 1.28 bits per heavy atom. The highest BCUT2D eigenvalue weighted by Crippen LogP contribution is 2.10. The van der Waals surface area contributed by atoms with Crippen LogP contribution < -0.4 is 0 Å². The molecule has 0 aliphatic rings. The van der Waals surface area contributed by atoms with Crippen LogP contribution in [0.3, 0.4) is 0 Å². The first-order valence-electron chi connectivity index (χ1n) is 5.66. The number of sulfonamides is 1. The fourth-order valence-electron chi connectivity index (χ4n) is 1.53. The Morgan fingerprint density at radius 2 is 1.89 bits per heavy atom. The average molecular weight is 290 g/mol. The number of hydrogen-bond acceptors (Lipinski definition) is 3. The van der Waals surface area contributed by atoms with Crippen molar-refractivity contribution in [2.45, 2.75) is 19.9 Å². The summed E-state index contributed by atoms with van der Waals surface area (Å²) in [5.41, 5.74) is 0.917. The first-order valence-corrected chi connectivity index (χ1v) is 7.64. The molecule has 0 bridgehead atoms. The molecule has 0 spiro atoms. The van der Waals surface area contributed by atoms with Gasteiger partial charge in [0.05, 0.1) is 5.75 Å². The van der Waals surface area contributed by atoms with Gasteiger partial charge in [0, 0.05) is 19.5 Å². The van der Waals surface area contributed by atoms with E-state index < -0.39 is 15.3 Å². The molecule has 1 aromatic carbocycles. The van der Waals surface area contributed by atoms with Gasteiger partial charge >= 0.3 is 0 Å². The van der Waals surface area contributed by atoms with Crippen molar-refractivity contribution in [3.8, 4) is 0 Å². The van der Waals surface area contributed by atoms with Crippen LogP contribution in [-0.2, 0) is 21.4 Å². The minimum atomic E-state index is -3.44. The Kier molecular flexibility index (Phi) is 5.78. The number of carbonyl (C=O) groups is 1. The molecule has 0 saturated carbocycles. The standard InChI is InChI=1S/C12H16ClNO3S/c1-2-14(10-11-6-4-3-5-7-11)18(16,17)9-8-12(13)15/h3-7H,2,8-10H2,1H3. The molecular weight excluding hydrogens is 274 g/mol. The fourth-order valence-corrected chi connectivity index (χ4v) is 3.18. The quantitative estimate of drug-likeness (QED) is 0.721. The summed E-state index contributed by atoms with van der Waals surface area (Å²) in [4.78, 5) is 10.6. The van der Waals surface area contributed by atoms with Crippen molar-refractivity contribution in [1.82, 2.24) is 4.31 Å². The van der Waals surface area contributed by atoms with Crippen LogP contribution in [0.25, 0.3) is 0 Å². The zero-order valence-corrected chi connectivity index (χ0v) is 11.7. The Bertz CT molecular complexity index is 487. The maximum absolute atomic E-state index is 12.0. The first-order chi connectivity index (χ1) is 8.45. The third-order valence-electron chi connectivity index (χ3n) is 2.50. The predicted octanol–water partition coefficient (Wildman–Crippen LogP) is 1.99. The van der Waals surface area contributed by atoms with Crippen molar-refractivity contribution >= 4 is 26.9 Å². The molecule has 4 nitrogen and oxygen atoms in total. The van der Waals surface area contributed by atoms with Crippen LogP contribution in [0.2, 0.25) is 0 Å². The van der Waals surface area contributed by atoms with Crippen LogP contribution >= 0.6 is 11.6 Å². The lowest BCUT2D eigenvalue weighted by molar-refractivity contribution is -0.111. The summed E-state index contributed by atoms with van der Waals surface area (Å²) in [5.74, 6) is -0.240. The summed E-state index contributed by atoms with van der Waals surface area (Å²) >= 11 is 5.17. The van der Waals surface area contributed by atoms with E-state index in [4.69, 9.17) is 11.6 Å². The van der Waals surface area contributed by atoms with Gasteiger partial charge in [0.1, 0.15) is 0 Å². The predicted molar refractivity (Wildman–Crippen MR) is 71.8 cm³/mol. The van der Waals surface area contributed by atoms with Crippen molar-refractivity contribution in [1.29, 1.82) is 0 Å². The van der Waals surface area contributed by atoms with E-state index in [1.165, 1.54) is 4.31 Å². The smallest absolute Gasteiger partial charge is 0.222 e. The third-order valence-corrected chi connectivity index (χ3v) is 4.59. The number of carbonyl (C=O) groups excluding carboxylic acids is 1. The molecule has 0 aliphatic heterocycles. The third kappa shape index (κ3) is 4.76. The maximum Gasteiger partial charge on any atom is 0.222 e. The second-order valence-electron chi connectivity index (χ2n) is 3.83. The molecule has 0 radical (unpaired) electrons. The Labute approximate surface area is 113 Å². The minimum absolute atomic E-state index is 0.158. The number of halogens is 1. The molecule has 6 heteroatoms. The second kappa shape index (κ2) is 6.87. The van der Waals surface area contributed by atoms with Gasteiger partial charge < -0.3 is 0 Å². The van der Waals surface area contributed by atoms with Gasteiger partial charge in [-0.1, -0.05) is 37.3 Å². The molecule has 100 valence electrons. The van der Waals surface area contributed by atoms with E-state index in [0.717, 1.165) is 5.56 Å². The first kappa shape index (κ1) is 15.1. The summed E-state index contributed by atoms with van der Waals surface area (Å²) in [5, 5.41) is -0.630. The van der Waals surface area contributed by atoms with Crippen LogP contribution in [0, 0.1) is 0 Å². The molecule has 1 rings (SSSR count). The average Bonchev–Trinajstić information content (AvgIpc) is 2.34. The van der Waals surface area contributed by atoms with Crippen LogP contribution in [0.15, 0.2) is 30.3 Å². The van der Waals surface area contributed by atoms with E-state index in [-0.39, 0.29) is 12.2 Å². The summed E-state index contributed by atoms with van der Waals surface area (Å²) in [6.07, 6.45) is -0.158. The van der Waals surface area contributed by atoms with Crippen molar-refractivity contribution in [3.05, 3.63) is 35.9 Å². The van der Waals surface area contributed by atoms with Gasteiger partial charge in [-0.15, -0.1) is 0 Å². The fraction of sp³-hybridized carbons (Fsp3) is 0.417. The number of nitrogens with zero attached hydrogens (tertiary/aromatic N) is 1. The summed E-state index contributed by atoms with van der Waals surface area (Å²) in [6.45, 7) is 2.45. The number of hydrogen-bond donors (Lipinski definition) is 0. The number of benzene rings is 1. The summed E-state index contributed by atoms with van der Waals surface area (Å²) in [6, 6.07) is 9.33. The van der Waals surface area contributed by atoms with E-state index in [9.17, 15) is 13.2 Å². The van der Waals surface area contributed by atoms with E-state index in [0.29, 0.717) is 13.1 Å². The highest BCUT2D eigenvalue weighted by molar-refractivity contribution is 7.89. The highest BCUT2D eigenvalue weighted by Gasteiger charge is 2.21. The summed E-state index contributed by atoms with van der Waals surface area (Å²) < 4.78 is 25.3. The van der Waals surface area contributed by atoms with Crippen molar-refractivity contribution in [2.24, 2.45) is 0 Å². The number of rotatable bonds is 7. The van der Waals surface area contributed by atoms with Crippen molar-refractivity contribution in [2.75, 3.05) is 12.3 Å². The summed E-state index contributed by atoms with van der Waals surface area (Å²) in [7, 11) is -3.44. The monoisotopic (exact) mass is 289 g/mol.